The predicted molar refractivity (Wildman–Crippen MR) is 172 cm³/mol. The summed E-state index contributed by atoms with van der Waals surface area (Å²) >= 11 is 1.13. The lowest BCUT2D eigenvalue weighted by Gasteiger charge is -2.38. The lowest BCUT2D eigenvalue weighted by Crippen LogP contribution is -2.44. The molecule has 4 rings (SSSR count). The summed E-state index contributed by atoms with van der Waals surface area (Å²) in [7, 11) is -3.79. The summed E-state index contributed by atoms with van der Waals surface area (Å²) in [5.74, 6) is -5.50. The molecule has 0 saturated carbocycles. The van der Waals surface area contributed by atoms with Crippen LogP contribution < -0.4 is 4.72 Å². The van der Waals surface area contributed by atoms with E-state index in [9.17, 15) is 31.6 Å². The molecule has 0 unspecified atom stereocenters. The highest BCUT2D eigenvalue weighted by molar-refractivity contribution is 7.89. The van der Waals surface area contributed by atoms with Gasteiger partial charge < -0.3 is 20.4 Å². The lowest BCUT2D eigenvalue weighted by atomic mass is 9.82. The van der Waals surface area contributed by atoms with Gasteiger partial charge in [-0.15, -0.1) is 11.3 Å². The van der Waals surface area contributed by atoms with E-state index in [1.165, 1.54) is 18.2 Å². The van der Waals surface area contributed by atoms with Crippen LogP contribution in [0.2, 0.25) is 0 Å². The summed E-state index contributed by atoms with van der Waals surface area (Å²) < 4.78 is 55.5. The topological polar surface area (TPSA) is 194 Å². The third-order valence-corrected chi connectivity index (χ3v) is 10.8. The van der Waals surface area contributed by atoms with Crippen molar-refractivity contribution in [1.29, 1.82) is 0 Å². The van der Waals surface area contributed by atoms with Crippen LogP contribution in [0.25, 0.3) is 0 Å². The normalized spacial score (nSPS) is 17.0. The van der Waals surface area contributed by atoms with E-state index in [0.29, 0.717) is 13.0 Å². The molecule has 3 heterocycles. The Balaban J connectivity index is 0.000000408. The highest BCUT2D eigenvalue weighted by Crippen LogP contribution is 2.41. The van der Waals surface area contributed by atoms with Gasteiger partial charge in [0, 0.05) is 35.4 Å². The molecule has 0 radical (unpaired) electrons. The van der Waals surface area contributed by atoms with Crippen LogP contribution in [0.5, 0.6) is 0 Å². The van der Waals surface area contributed by atoms with Crippen LogP contribution in [-0.4, -0.2) is 81.9 Å². The maximum atomic E-state index is 13.6. The van der Waals surface area contributed by atoms with E-state index in [1.54, 1.807) is 6.07 Å². The second-order valence-corrected chi connectivity index (χ2v) is 15.3. The number of carboxylic acid groups (broad SMARTS) is 3. The van der Waals surface area contributed by atoms with Crippen molar-refractivity contribution >= 4 is 39.3 Å². The quantitative estimate of drug-likeness (QED) is 0.162. The zero-order valence-electron chi connectivity index (χ0n) is 26.6. The zero-order chi connectivity index (χ0) is 35.9. The molecule has 48 heavy (non-hydrogen) atoms. The van der Waals surface area contributed by atoms with Crippen LogP contribution in [-0.2, 0) is 36.4 Å². The number of aliphatic hydroxyl groups is 1. The first-order valence-electron chi connectivity index (χ1n) is 14.8. The number of pyridine rings is 1. The number of sulfonamides is 1. The van der Waals surface area contributed by atoms with Gasteiger partial charge in [0.2, 0.25) is 10.0 Å². The zero-order valence-corrected chi connectivity index (χ0v) is 28.3. The predicted octanol–water partition coefficient (Wildman–Crippen LogP) is 4.02. The first-order valence-corrected chi connectivity index (χ1v) is 17.1. The minimum absolute atomic E-state index is 0.0373. The van der Waals surface area contributed by atoms with Gasteiger partial charge in [-0.05, 0) is 100 Å². The fourth-order valence-electron chi connectivity index (χ4n) is 5.40. The van der Waals surface area contributed by atoms with Gasteiger partial charge in [-0.1, -0.05) is 6.07 Å². The molecule has 0 aliphatic carbocycles. The Morgan fingerprint density at radius 2 is 1.62 bits per heavy atom. The number of nitrogens with zero attached hydrogens (tertiary/aromatic N) is 2. The number of carbonyl (C=O) groups is 3. The van der Waals surface area contributed by atoms with Crippen molar-refractivity contribution in [3.8, 4) is 0 Å². The molecule has 262 valence electrons. The molecule has 5 N–H and O–H groups in total. The van der Waals surface area contributed by atoms with Gasteiger partial charge in [0.05, 0.1) is 17.7 Å². The number of hydrogen-bond donors (Lipinski definition) is 5. The molecular weight excluding hydrogens is 672 g/mol. The van der Waals surface area contributed by atoms with Gasteiger partial charge in [0.25, 0.3) is 0 Å². The van der Waals surface area contributed by atoms with E-state index in [0.717, 1.165) is 59.0 Å². The molecule has 0 bridgehead atoms. The number of nitrogens with one attached hydrogen (secondary N) is 1. The number of halogens is 2. The van der Waals surface area contributed by atoms with Crippen molar-refractivity contribution in [2.24, 2.45) is 5.41 Å². The molecule has 1 fully saturated rings. The average molecular weight is 712 g/mol. The van der Waals surface area contributed by atoms with E-state index in [2.05, 4.69) is 34.5 Å². The van der Waals surface area contributed by atoms with E-state index in [-0.39, 0.29) is 27.5 Å². The van der Waals surface area contributed by atoms with Crippen molar-refractivity contribution in [1.82, 2.24) is 14.6 Å². The number of aryl methyl sites for hydroxylation is 2. The van der Waals surface area contributed by atoms with E-state index in [4.69, 9.17) is 20.4 Å². The SMILES string of the molecule is Cc1ccc(C(C)(C)N2CC[C@](CCc3ccc(F)s3)(CNS(=O)(=O)c3ccc(F)cc3)C2)cn1.O=C(O)CC(O)(CC(=O)O)C(=O)O. The van der Waals surface area contributed by atoms with E-state index < -0.39 is 52.2 Å². The Hall–Kier alpha value is -3.83. The van der Waals surface area contributed by atoms with Gasteiger partial charge in [0.1, 0.15) is 5.82 Å². The Labute approximate surface area is 281 Å². The number of hydrogen-bond acceptors (Lipinski definition) is 9. The summed E-state index contributed by atoms with van der Waals surface area (Å²) in [5, 5.41) is 33.6. The minimum atomic E-state index is -3.79. The largest absolute Gasteiger partial charge is 0.481 e. The lowest BCUT2D eigenvalue weighted by molar-refractivity contribution is -0.170. The van der Waals surface area contributed by atoms with Crippen LogP contribution >= 0.6 is 11.3 Å². The monoisotopic (exact) mass is 711 g/mol. The molecule has 1 saturated heterocycles. The number of aliphatic carboxylic acids is 3. The van der Waals surface area contributed by atoms with Gasteiger partial charge >= 0.3 is 17.9 Å². The van der Waals surface area contributed by atoms with Gasteiger partial charge in [-0.25, -0.2) is 22.3 Å². The smallest absolute Gasteiger partial charge is 0.336 e. The second kappa shape index (κ2) is 15.6. The molecule has 0 spiro atoms. The molecule has 1 aromatic carbocycles. The summed E-state index contributed by atoms with van der Waals surface area (Å²) in [5.41, 5.74) is -1.29. The molecule has 1 aliphatic rings. The number of aromatic nitrogens is 1. The number of likely N-dealkylation sites (tertiary alicyclic amines) is 1. The number of carboxylic acids is 3. The summed E-state index contributed by atoms with van der Waals surface area (Å²) in [6.45, 7) is 8.02. The second-order valence-electron chi connectivity index (χ2n) is 12.4. The van der Waals surface area contributed by atoms with Crippen molar-refractivity contribution in [2.75, 3.05) is 19.6 Å². The third-order valence-electron chi connectivity index (χ3n) is 8.42. The highest BCUT2D eigenvalue weighted by atomic mass is 32.2. The van der Waals surface area contributed by atoms with Crippen molar-refractivity contribution in [3.05, 3.63) is 81.8 Å². The van der Waals surface area contributed by atoms with Gasteiger partial charge in [-0.3, -0.25) is 19.5 Å². The summed E-state index contributed by atoms with van der Waals surface area (Å²) in [6, 6.07) is 12.2. The van der Waals surface area contributed by atoms with Crippen LogP contribution in [0.15, 0.2) is 59.6 Å². The molecule has 12 nitrogen and oxygen atoms in total. The molecular formula is C32H39F2N3O9S2. The average Bonchev–Trinajstić information content (AvgIpc) is 3.62. The molecule has 1 atom stereocenters. The fraction of sp³-hybridized carbons (Fsp3) is 0.438. The van der Waals surface area contributed by atoms with Crippen molar-refractivity contribution < 1.29 is 52.0 Å². The number of rotatable bonds is 14. The molecule has 0 amide bonds. The minimum Gasteiger partial charge on any atom is -0.481 e. The first kappa shape index (κ1) is 38.6. The Morgan fingerprint density at radius 1 is 1.00 bits per heavy atom. The fourth-order valence-corrected chi connectivity index (χ4v) is 7.28. The van der Waals surface area contributed by atoms with Crippen LogP contribution in [0.4, 0.5) is 8.78 Å². The molecule has 2 aromatic heterocycles. The Kier molecular flexibility index (Phi) is 12.5. The molecule has 1 aliphatic heterocycles. The van der Waals surface area contributed by atoms with Crippen molar-refractivity contribution in [2.45, 2.75) is 68.9 Å². The van der Waals surface area contributed by atoms with Gasteiger partial charge in [0.15, 0.2) is 10.7 Å². The number of benzene rings is 1. The molecule has 3 aromatic rings. The van der Waals surface area contributed by atoms with Crippen LogP contribution in [0.3, 0.4) is 0 Å². The maximum absolute atomic E-state index is 13.6. The number of thiophene rings is 1. The first-order chi connectivity index (χ1) is 22.3. The van der Waals surface area contributed by atoms with E-state index in [1.807, 2.05) is 19.2 Å². The summed E-state index contributed by atoms with van der Waals surface area (Å²) in [6.07, 6.45) is 1.81. The van der Waals surface area contributed by atoms with E-state index >= 15 is 0 Å². The maximum Gasteiger partial charge on any atom is 0.336 e. The Bertz CT molecular complexity index is 1680. The third kappa shape index (κ3) is 10.3. The van der Waals surface area contributed by atoms with Crippen LogP contribution in [0.1, 0.15) is 55.7 Å². The summed E-state index contributed by atoms with van der Waals surface area (Å²) in [4.78, 5) is 38.3. The van der Waals surface area contributed by atoms with Crippen molar-refractivity contribution in [3.63, 3.8) is 0 Å². The standard InChI is InChI=1S/C26H31F2N3O2S2.C6H8O7/c1-19-4-5-20(16-29-19)25(2,3)31-15-14-26(18-31,13-12-22-8-11-24(28)34-22)17-30-35(32,33)23-9-6-21(27)7-10-23;7-3(8)1-6(13,5(11)12)2-4(9)10/h4-11,16,30H,12-15,17-18H2,1-3H3;13H,1-2H2,(H,7,8)(H,9,10)(H,11,12)/t26-;/m1./s1. The molecule has 16 heteroatoms. The van der Waals surface area contributed by atoms with Crippen LogP contribution in [0, 0.1) is 23.3 Å². The highest BCUT2D eigenvalue weighted by Gasteiger charge is 2.44. The Morgan fingerprint density at radius 3 is 2.12 bits per heavy atom. The van der Waals surface area contributed by atoms with Gasteiger partial charge in [-0.2, -0.15) is 4.39 Å².